The Morgan fingerprint density at radius 1 is 1.04 bits per heavy atom. The fourth-order valence-corrected chi connectivity index (χ4v) is 2.32. The van der Waals surface area contributed by atoms with E-state index in [1.807, 2.05) is 31.2 Å². The summed E-state index contributed by atoms with van der Waals surface area (Å²) in [6, 6.07) is 7.97. The number of carbonyl (C=O) groups is 1. The first-order chi connectivity index (χ1) is 12.6. The number of esters is 1. The minimum absolute atomic E-state index is 0.00962. The largest absolute Gasteiger partial charge is 0.494 e. The second-order valence-electron chi connectivity index (χ2n) is 6.09. The lowest BCUT2D eigenvalue weighted by Crippen LogP contribution is -2.15. The van der Waals surface area contributed by atoms with Gasteiger partial charge in [-0.25, -0.2) is 4.79 Å². The Bertz CT molecular complexity index is 493. The molecular weight excluding hydrogens is 334 g/mol. The first-order valence-electron chi connectivity index (χ1n) is 9.43. The molecule has 0 radical (unpaired) electrons. The lowest BCUT2D eigenvalue weighted by molar-refractivity contribution is -0.148. The summed E-state index contributed by atoms with van der Waals surface area (Å²) < 4.78 is 21.1. The third-order valence-electron chi connectivity index (χ3n) is 3.73. The molecule has 26 heavy (non-hydrogen) atoms. The summed E-state index contributed by atoms with van der Waals surface area (Å²) in [5, 5.41) is 0. The lowest BCUT2D eigenvalue weighted by atomic mass is 10.1. The number of hydrogen-bond donors (Lipinski definition) is 1. The van der Waals surface area contributed by atoms with Crippen LogP contribution in [-0.2, 0) is 19.0 Å². The molecule has 0 spiro atoms. The van der Waals surface area contributed by atoms with E-state index in [2.05, 4.69) is 0 Å². The molecule has 0 saturated heterocycles. The van der Waals surface area contributed by atoms with E-state index >= 15 is 0 Å². The summed E-state index contributed by atoms with van der Waals surface area (Å²) in [4.78, 5) is 11.0. The van der Waals surface area contributed by atoms with Gasteiger partial charge in [-0.2, -0.15) is 0 Å². The van der Waals surface area contributed by atoms with Crippen LogP contribution in [0, 0.1) is 0 Å². The zero-order valence-electron chi connectivity index (χ0n) is 16.1. The molecule has 1 rings (SSSR count). The fraction of sp³-hybridized carbons (Fsp3) is 0.650. The van der Waals surface area contributed by atoms with Gasteiger partial charge in [0.15, 0.2) is 0 Å². The number of benzene rings is 1. The Labute approximate surface area is 156 Å². The average molecular weight is 367 g/mol. The van der Waals surface area contributed by atoms with Crippen molar-refractivity contribution in [3.05, 3.63) is 29.8 Å². The molecule has 0 saturated carbocycles. The van der Waals surface area contributed by atoms with Crippen LogP contribution in [0.1, 0.15) is 51.1 Å². The fourth-order valence-electron chi connectivity index (χ4n) is 2.32. The van der Waals surface area contributed by atoms with Crippen molar-refractivity contribution in [1.29, 1.82) is 0 Å². The number of hydrogen-bond acceptors (Lipinski definition) is 6. The summed E-state index contributed by atoms with van der Waals surface area (Å²) in [7, 11) is 0. The SMILES string of the molecule is CCOC(=O)COCCOCCCCCCOc1cccc([C@H](C)N)c1. The lowest BCUT2D eigenvalue weighted by Gasteiger charge is -2.10. The second kappa shape index (κ2) is 14.5. The molecule has 2 N–H and O–H groups in total. The van der Waals surface area contributed by atoms with Crippen LogP contribution >= 0.6 is 0 Å². The predicted molar refractivity (Wildman–Crippen MR) is 101 cm³/mol. The van der Waals surface area contributed by atoms with Gasteiger partial charge in [0.1, 0.15) is 12.4 Å². The van der Waals surface area contributed by atoms with Gasteiger partial charge in [0.2, 0.25) is 0 Å². The summed E-state index contributed by atoms with van der Waals surface area (Å²) in [5.74, 6) is 0.546. The van der Waals surface area contributed by atoms with Gasteiger partial charge in [-0.15, -0.1) is 0 Å². The second-order valence-corrected chi connectivity index (χ2v) is 6.09. The van der Waals surface area contributed by atoms with Gasteiger partial charge in [0.05, 0.1) is 26.4 Å². The molecule has 0 unspecified atom stereocenters. The molecule has 1 atom stereocenters. The number of unbranched alkanes of at least 4 members (excludes halogenated alkanes) is 3. The maximum atomic E-state index is 11.0. The van der Waals surface area contributed by atoms with Crippen LogP contribution < -0.4 is 10.5 Å². The predicted octanol–water partition coefficient (Wildman–Crippen LogP) is 3.24. The highest BCUT2D eigenvalue weighted by molar-refractivity contribution is 5.70. The highest BCUT2D eigenvalue weighted by Gasteiger charge is 2.02. The number of rotatable bonds is 15. The van der Waals surface area contributed by atoms with Crippen LogP contribution in [0.4, 0.5) is 0 Å². The molecule has 0 aromatic heterocycles. The molecule has 6 nitrogen and oxygen atoms in total. The third-order valence-corrected chi connectivity index (χ3v) is 3.73. The maximum absolute atomic E-state index is 11.0. The molecule has 0 heterocycles. The molecule has 0 aliphatic rings. The Balaban J connectivity index is 1.89. The smallest absolute Gasteiger partial charge is 0.332 e. The van der Waals surface area contributed by atoms with Crippen molar-refractivity contribution in [2.45, 2.75) is 45.6 Å². The highest BCUT2D eigenvalue weighted by atomic mass is 16.6. The normalized spacial score (nSPS) is 12.0. The van der Waals surface area contributed by atoms with Crippen molar-refractivity contribution < 1.29 is 23.7 Å². The Morgan fingerprint density at radius 2 is 1.77 bits per heavy atom. The highest BCUT2D eigenvalue weighted by Crippen LogP contribution is 2.17. The molecule has 0 aliphatic carbocycles. The van der Waals surface area contributed by atoms with E-state index in [0.29, 0.717) is 33.0 Å². The van der Waals surface area contributed by atoms with Gasteiger partial charge in [0.25, 0.3) is 0 Å². The van der Waals surface area contributed by atoms with E-state index in [-0.39, 0.29) is 18.6 Å². The molecule has 6 heteroatoms. The molecule has 148 valence electrons. The topological polar surface area (TPSA) is 80.0 Å². The van der Waals surface area contributed by atoms with E-state index in [4.69, 9.17) is 24.7 Å². The van der Waals surface area contributed by atoms with Crippen molar-refractivity contribution in [1.82, 2.24) is 0 Å². The zero-order chi connectivity index (χ0) is 19.0. The van der Waals surface area contributed by atoms with Crippen molar-refractivity contribution in [3.63, 3.8) is 0 Å². The molecule has 0 bridgehead atoms. The first-order valence-corrected chi connectivity index (χ1v) is 9.43. The molecule has 0 fully saturated rings. The Hall–Kier alpha value is -1.63. The summed E-state index contributed by atoms with van der Waals surface area (Å²) >= 11 is 0. The Morgan fingerprint density at radius 3 is 2.50 bits per heavy atom. The molecule has 1 aromatic carbocycles. The number of carbonyl (C=O) groups excluding carboxylic acids is 1. The van der Waals surface area contributed by atoms with Gasteiger partial charge >= 0.3 is 5.97 Å². The standard InChI is InChI=1S/C20H33NO5/c1-3-25-20(22)16-24-14-13-23-11-6-4-5-7-12-26-19-10-8-9-18(15-19)17(2)21/h8-10,15,17H,3-7,11-14,16,21H2,1-2H3/t17-/m0/s1. The zero-order valence-corrected chi connectivity index (χ0v) is 16.1. The van der Waals surface area contributed by atoms with Crippen LogP contribution in [-0.4, -0.2) is 45.6 Å². The van der Waals surface area contributed by atoms with Gasteiger partial charge in [-0.1, -0.05) is 18.6 Å². The van der Waals surface area contributed by atoms with Crippen molar-refractivity contribution in [2.75, 3.05) is 39.6 Å². The third kappa shape index (κ3) is 11.1. The minimum Gasteiger partial charge on any atom is -0.494 e. The molecular formula is C20H33NO5. The van der Waals surface area contributed by atoms with Crippen LogP contribution in [0.15, 0.2) is 24.3 Å². The number of nitrogens with two attached hydrogens (primary N) is 1. The van der Waals surface area contributed by atoms with E-state index in [9.17, 15) is 4.79 Å². The summed E-state index contributed by atoms with van der Waals surface area (Å²) in [6.07, 6.45) is 4.24. The minimum atomic E-state index is -0.334. The Kier molecular flexibility index (Phi) is 12.5. The monoisotopic (exact) mass is 367 g/mol. The van der Waals surface area contributed by atoms with Gasteiger partial charge in [-0.3, -0.25) is 0 Å². The van der Waals surface area contributed by atoms with E-state index in [1.165, 1.54) is 0 Å². The van der Waals surface area contributed by atoms with E-state index < -0.39 is 0 Å². The van der Waals surface area contributed by atoms with Crippen molar-refractivity contribution in [2.24, 2.45) is 5.73 Å². The van der Waals surface area contributed by atoms with Crippen molar-refractivity contribution >= 4 is 5.97 Å². The van der Waals surface area contributed by atoms with E-state index in [0.717, 1.165) is 37.0 Å². The van der Waals surface area contributed by atoms with Gasteiger partial charge in [-0.05, 0) is 50.8 Å². The van der Waals surface area contributed by atoms with Crippen LogP contribution in [0.3, 0.4) is 0 Å². The average Bonchev–Trinajstić information content (AvgIpc) is 2.63. The van der Waals surface area contributed by atoms with E-state index in [1.54, 1.807) is 6.92 Å². The van der Waals surface area contributed by atoms with Gasteiger partial charge < -0.3 is 24.7 Å². The quantitative estimate of drug-likeness (QED) is 0.379. The van der Waals surface area contributed by atoms with Crippen LogP contribution in [0.5, 0.6) is 5.75 Å². The van der Waals surface area contributed by atoms with Gasteiger partial charge in [0, 0.05) is 12.6 Å². The molecule has 0 amide bonds. The van der Waals surface area contributed by atoms with Crippen LogP contribution in [0.2, 0.25) is 0 Å². The summed E-state index contributed by atoms with van der Waals surface area (Å²) in [5.41, 5.74) is 6.96. The van der Waals surface area contributed by atoms with Crippen molar-refractivity contribution in [3.8, 4) is 5.75 Å². The number of ether oxygens (including phenoxy) is 4. The molecule has 0 aliphatic heterocycles. The first kappa shape index (κ1) is 22.4. The maximum Gasteiger partial charge on any atom is 0.332 e. The molecule has 1 aromatic rings. The summed E-state index contributed by atoms with van der Waals surface area (Å²) in [6.45, 7) is 6.43. The van der Waals surface area contributed by atoms with Crippen LogP contribution in [0.25, 0.3) is 0 Å².